The van der Waals surface area contributed by atoms with Crippen LogP contribution in [0.25, 0.3) is 0 Å². The SMILES string of the molecule is CC(C)[C@H](N)C(=O)OCCC(C)(C)C. The predicted octanol–water partition coefficient (Wildman–Crippen LogP) is 1.95. The van der Waals surface area contributed by atoms with E-state index in [0.717, 1.165) is 6.42 Å². The van der Waals surface area contributed by atoms with Gasteiger partial charge in [-0.25, -0.2) is 0 Å². The molecule has 2 N–H and O–H groups in total. The molecule has 0 spiro atoms. The molecule has 3 heteroatoms. The number of esters is 1. The summed E-state index contributed by atoms with van der Waals surface area (Å²) in [5, 5.41) is 0. The topological polar surface area (TPSA) is 52.3 Å². The summed E-state index contributed by atoms with van der Waals surface area (Å²) in [4.78, 5) is 11.3. The van der Waals surface area contributed by atoms with E-state index in [-0.39, 0.29) is 17.3 Å². The molecule has 0 saturated carbocycles. The molecule has 0 radical (unpaired) electrons. The summed E-state index contributed by atoms with van der Waals surface area (Å²) in [5.74, 6) is -0.151. The van der Waals surface area contributed by atoms with E-state index in [1.165, 1.54) is 0 Å². The van der Waals surface area contributed by atoms with Crippen molar-refractivity contribution in [3.63, 3.8) is 0 Å². The molecule has 0 aromatic rings. The first-order valence-electron chi connectivity index (χ1n) is 5.16. The highest BCUT2D eigenvalue weighted by Crippen LogP contribution is 2.18. The molecule has 0 rings (SSSR count). The number of hydrogen-bond acceptors (Lipinski definition) is 3. The van der Waals surface area contributed by atoms with Crippen molar-refractivity contribution in [3.8, 4) is 0 Å². The van der Waals surface area contributed by atoms with E-state index in [1.807, 2.05) is 13.8 Å². The molecular weight excluding hydrogens is 178 g/mol. The third-order valence-corrected chi connectivity index (χ3v) is 2.09. The van der Waals surface area contributed by atoms with Crippen molar-refractivity contribution < 1.29 is 9.53 Å². The van der Waals surface area contributed by atoms with Crippen LogP contribution in [-0.2, 0) is 9.53 Å². The number of hydrogen-bond donors (Lipinski definition) is 1. The highest BCUT2D eigenvalue weighted by molar-refractivity contribution is 5.75. The molecular formula is C11H23NO2. The average Bonchev–Trinajstić information content (AvgIpc) is 2.00. The Morgan fingerprint density at radius 2 is 1.86 bits per heavy atom. The molecule has 0 amide bonds. The molecule has 1 atom stereocenters. The summed E-state index contributed by atoms with van der Waals surface area (Å²) in [5.41, 5.74) is 5.83. The van der Waals surface area contributed by atoms with Crippen LogP contribution >= 0.6 is 0 Å². The second-order valence-electron chi connectivity index (χ2n) is 5.25. The van der Waals surface area contributed by atoms with Crippen molar-refractivity contribution in [2.24, 2.45) is 17.1 Å². The van der Waals surface area contributed by atoms with Gasteiger partial charge in [-0.3, -0.25) is 4.79 Å². The Kier molecular flexibility index (Phi) is 5.13. The molecule has 14 heavy (non-hydrogen) atoms. The molecule has 0 unspecified atom stereocenters. The Morgan fingerprint density at radius 3 is 2.21 bits per heavy atom. The largest absolute Gasteiger partial charge is 0.465 e. The minimum atomic E-state index is -0.491. The van der Waals surface area contributed by atoms with Crippen molar-refractivity contribution in [2.45, 2.75) is 47.1 Å². The maximum atomic E-state index is 11.3. The Bertz CT molecular complexity index is 182. The molecule has 0 bridgehead atoms. The molecule has 84 valence electrons. The summed E-state index contributed by atoms with van der Waals surface area (Å²) in [6.45, 7) is 10.6. The molecule has 0 aromatic heterocycles. The van der Waals surface area contributed by atoms with Gasteiger partial charge in [-0.15, -0.1) is 0 Å². The molecule has 3 nitrogen and oxygen atoms in total. The van der Waals surface area contributed by atoms with E-state index in [1.54, 1.807) is 0 Å². The van der Waals surface area contributed by atoms with Crippen molar-refractivity contribution in [1.82, 2.24) is 0 Å². The Balaban J connectivity index is 3.75. The quantitative estimate of drug-likeness (QED) is 0.707. The van der Waals surface area contributed by atoms with Gasteiger partial charge >= 0.3 is 5.97 Å². The van der Waals surface area contributed by atoms with Gasteiger partial charge in [0.15, 0.2) is 0 Å². The third kappa shape index (κ3) is 5.97. The van der Waals surface area contributed by atoms with Crippen LogP contribution in [0.5, 0.6) is 0 Å². The molecule has 0 fully saturated rings. The van der Waals surface area contributed by atoms with Crippen LogP contribution in [0.4, 0.5) is 0 Å². The molecule has 0 heterocycles. The van der Waals surface area contributed by atoms with E-state index in [9.17, 15) is 4.79 Å². The fourth-order valence-corrected chi connectivity index (χ4v) is 0.826. The van der Waals surface area contributed by atoms with Crippen LogP contribution in [0.3, 0.4) is 0 Å². The number of ether oxygens (including phenoxy) is 1. The van der Waals surface area contributed by atoms with Gasteiger partial charge in [-0.1, -0.05) is 34.6 Å². The molecule has 0 aliphatic carbocycles. The lowest BCUT2D eigenvalue weighted by molar-refractivity contribution is -0.146. The first kappa shape index (κ1) is 13.4. The van der Waals surface area contributed by atoms with E-state index in [4.69, 9.17) is 10.5 Å². The summed E-state index contributed by atoms with van der Waals surface area (Å²) in [6, 6.07) is -0.491. The number of carbonyl (C=O) groups excluding carboxylic acids is 1. The third-order valence-electron chi connectivity index (χ3n) is 2.09. The Labute approximate surface area is 87.0 Å². The Hall–Kier alpha value is -0.570. The van der Waals surface area contributed by atoms with Gasteiger partial charge in [-0.05, 0) is 17.8 Å². The molecule has 0 aliphatic rings. The van der Waals surface area contributed by atoms with Gasteiger partial charge in [0, 0.05) is 0 Å². The zero-order valence-corrected chi connectivity index (χ0v) is 9.96. The van der Waals surface area contributed by atoms with Crippen LogP contribution < -0.4 is 5.73 Å². The second kappa shape index (κ2) is 5.35. The monoisotopic (exact) mass is 201 g/mol. The standard InChI is InChI=1S/C11H23NO2/c1-8(2)9(12)10(13)14-7-6-11(3,4)5/h8-9H,6-7,12H2,1-5H3/t9-/m0/s1. The lowest BCUT2D eigenvalue weighted by atomic mass is 9.93. The van der Waals surface area contributed by atoms with Gasteiger partial charge in [0.05, 0.1) is 6.61 Å². The minimum Gasteiger partial charge on any atom is -0.465 e. The minimum absolute atomic E-state index is 0.136. The van der Waals surface area contributed by atoms with Crippen LogP contribution in [0, 0.1) is 11.3 Å². The van der Waals surface area contributed by atoms with Crippen molar-refractivity contribution in [2.75, 3.05) is 6.61 Å². The van der Waals surface area contributed by atoms with Gasteiger partial charge in [0.2, 0.25) is 0 Å². The maximum absolute atomic E-state index is 11.3. The normalized spacial score (nSPS) is 14.2. The van der Waals surface area contributed by atoms with Crippen LogP contribution in [0.15, 0.2) is 0 Å². The fourth-order valence-electron chi connectivity index (χ4n) is 0.826. The van der Waals surface area contributed by atoms with Gasteiger partial charge < -0.3 is 10.5 Å². The van der Waals surface area contributed by atoms with Gasteiger partial charge in [0.1, 0.15) is 6.04 Å². The van der Waals surface area contributed by atoms with E-state index < -0.39 is 6.04 Å². The van der Waals surface area contributed by atoms with Crippen LogP contribution in [-0.4, -0.2) is 18.6 Å². The lowest BCUT2D eigenvalue weighted by Gasteiger charge is -2.19. The second-order valence-corrected chi connectivity index (χ2v) is 5.25. The van der Waals surface area contributed by atoms with Gasteiger partial charge in [0.25, 0.3) is 0 Å². The lowest BCUT2D eigenvalue weighted by Crippen LogP contribution is -2.37. The summed E-state index contributed by atoms with van der Waals surface area (Å²) >= 11 is 0. The number of carbonyl (C=O) groups is 1. The van der Waals surface area contributed by atoms with E-state index in [0.29, 0.717) is 6.61 Å². The number of rotatable bonds is 4. The average molecular weight is 201 g/mol. The first-order chi connectivity index (χ1) is 6.24. The van der Waals surface area contributed by atoms with E-state index >= 15 is 0 Å². The number of nitrogens with two attached hydrogens (primary N) is 1. The predicted molar refractivity (Wildman–Crippen MR) is 57.8 cm³/mol. The maximum Gasteiger partial charge on any atom is 0.323 e. The molecule has 0 aromatic carbocycles. The zero-order chi connectivity index (χ0) is 11.4. The van der Waals surface area contributed by atoms with Crippen molar-refractivity contribution >= 4 is 5.97 Å². The smallest absolute Gasteiger partial charge is 0.323 e. The van der Waals surface area contributed by atoms with Crippen molar-refractivity contribution in [1.29, 1.82) is 0 Å². The summed E-state index contributed by atoms with van der Waals surface area (Å²) in [6.07, 6.45) is 0.865. The van der Waals surface area contributed by atoms with Crippen molar-refractivity contribution in [3.05, 3.63) is 0 Å². The van der Waals surface area contributed by atoms with Crippen LogP contribution in [0.2, 0.25) is 0 Å². The molecule has 0 saturated heterocycles. The van der Waals surface area contributed by atoms with E-state index in [2.05, 4.69) is 20.8 Å². The fraction of sp³-hybridized carbons (Fsp3) is 0.909. The first-order valence-corrected chi connectivity index (χ1v) is 5.16. The van der Waals surface area contributed by atoms with Crippen LogP contribution in [0.1, 0.15) is 41.0 Å². The Morgan fingerprint density at radius 1 is 1.36 bits per heavy atom. The van der Waals surface area contributed by atoms with Gasteiger partial charge in [-0.2, -0.15) is 0 Å². The summed E-state index contributed by atoms with van der Waals surface area (Å²) < 4.78 is 5.08. The highest BCUT2D eigenvalue weighted by atomic mass is 16.5. The summed E-state index contributed by atoms with van der Waals surface area (Å²) in [7, 11) is 0. The zero-order valence-electron chi connectivity index (χ0n) is 9.96. The highest BCUT2D eigenvalue weighted by Gasteiger charge is 2.19. The molecule has 0 aliphatic heterocycles.